The topological polar surface area (TPSA) is 24.8 Å². The first-order chi connectivity index (χ1) is 16.7. The number of hydrogen-bond acceptors (Lipinski definition) is 2. The molecule has 0 aliphatic carbocycles. The van der Waals surface area contributed by atoms with Crippen molar-refractivity contribution in [3.63, 3.8) is 0 Å². The van der Waals surface area contributed by atoms with Crippen LogP contribution in [0, 0.1) is 13.8 Å². The van der Waals surface area contributed by atoms with Gasteiger partial charge in [-0.3, -0.25) is 0 Å². The molecule has 0 saturated carbocycles. The maximum absolute atomic E-state index is 14.1. The van der Waals surface area contributed by atoms with Crippen molar-refractivity contribution in [2.45, 2.75) is 69.2 Å². The fourth-order valence-corrected chi connectivity index (χ4v) is 2.67. The Bertz CT molecular complexity index is 1020. The van der Waals surface area contributed by atoms with Crippen LogP contribution in [0.2, 0.25) is 0 Å². The quantitative estimate of drug-likeness (QED) is 0.143. The molecule has 220 valence electrons. The van der Waals surface area contributed by atoms with E-state index in [-0.39, 0.29) is 16.8 Å². The molecule has 1 aromatic carbocycles. The first-order valence-corrected chi connectivity index (χ1v) is 10.4. The average Bonchev–Trinajstić information content (AvgIpc) is 2.76. The van der Waals surface area contributed by atoms with E-state index in [1.165, 1.54) is 26.3 Å². The Labute approximate surface area is 207 Å². The highest BCUT2D eigenvalue weighted by atomic mass is 19.4. The molecule has 0 atom stereocenters. The smallest absolute Gasteiger partial charge is 0.384 e. The molecule has 38 heavy (non-hydrogen) atoms. The molecule has 0 N–H and O–H groups in total. The van der Waals surface area contributed by atoms with Crippen LogP contribution in [0.1, 0.15) is 25.0 Å². The maximum Gasteiger partial charge on any atom is 0.384 e. The minimum atomic E-state index is -8.09. The number of aryl methyl sites for hydroxylation is 2. The number of ether oxygens (including phenoxy) is 1. The maximum atomic E-state index is 14.1. The Balaban J connectivity index is 3.36. The van der Waals surface area contributed by atoms with Crippen molar-refractivity contribution >= 4 is 12.0 Å². The van der Waals surface area contributed by atoms with Crippen molar-refractivity contribution < 1.29 is 66.2 Å². The monoisotopic (exact) mass is 584 g/mol. The van der Waals surface area contributed by atoms with Gasteiger partial charge in [-0.2, -0.15) is 61.5 Å². The molecule has 1 aromatic rings. The molecule has 3 nitrogen and oxygen atoms in total. The summed E-state index contributed by atoms with van der Waals surface area (Å²) in [6, 6.07) is 2.13. The van der Waals surface area contributed by atoms with Crippen molar-refractivity contribution in [1.29, 1.82) is 0 Å². The zero-order valence-electron chi connectivity index (χ0n) is 20.2. The van der Waals surface area contributed by atoms with Gasteiger partial charge in [0.1, 0.15) is 5.75 Å². The van der Waals surface area contributed by atoms with Crippen LogP contribution < -0.4 is 4.74 Å². The summed E-state index contributed by atoms with van der Waals surface area (Å²) in [5.74, 6) is -52.0. The summed E-state index contributed by atoms with van der Waals surface area (Å²) in [7, 11) is 1.65. The van der Waals surface area contributed by atoms with Crippen LogP contribution in [-0.2, 0) is 0 Å². The van der Waals surface area contributed by atoms with Crippen LogP contribution >= 0.6 is 0 Å². The SMILES string of the molecule is CCN(C)C=Nc1cc(C)c(OCC(F)(F)C(F)(F)C(F)(F)C(F)(F)C(F)(F)C(F)(F)C(C)(F)F)cc1C. The third-order valence-electron chi connectivity index (χ3n) is 5.38. The van der Waals surface area contributed by atoms with Crippen molar-refractivity contribution in [2.75, 3.05) is 20.2 Å². The number of aliphatic imine (C=N–C) groups is 1. The van der Waals surface area contributed by atoms with Crippen molar-refractivity contribution in [3.8, 4) is 5.75 Å². The second-order valence-corrected chi connectivity index (χ2v) is 8.48. The van der Waals surface area contributed by atoms with Gasteiger partial charge >= 0.3 is 41.5 Å². The fraction of sp³-hybridized carbons (Fsp3) is 0.667. The largest absolute Gasteiger partial charge is 0.487 e. The summed E-state index contributed by atoms with van der Waals surface area (Å²) in [6.45, 7) is 0.933. The van der Waals surface area contributed by atoms with Gasteiger partial charge in [-0.25, -0.2) is 4.99 Å². The van der Waals surface area contributed by atoms with Crippen molar-refractivity contribution in [3.05, 3.63) is 23.3 Å². The molecule has 0 aliphatic heterocycles. The highest BCUT2D eigenvalue weighted by molar-refractivity contribution is 5.64. The van der Waals surface area contributed by atoms with Crippen LogP contribution in [0.3, 0.4) is 0 Å². The summed E-state index contributed by atoms with van der Waals surface area (Å²) >= 11 is 0. The first kappa shape index (κ1) is 33.5. The lowest BCUT2D eigenvalue weighted by atomic mass is 9.89. The minimum Gasteiger partial charge on any atom is -0.487 e. The third kappa shape index (κ3) is 5.46. The third-order valence-corrected chi connectivity index (χ3v) is 5.38. The Hall–Kier alpha value is -2.49. The molecular weight excluding hydrogens is 562 g/mol. The fourth-order valence-electron chi connectivity index (χ4n) is 2.67. The standard InChI is InChI=1S/C21H22F14N2O/c1-6-37(5)10-36-13-7-12(3)14(8-11(13)2)38-9-16(24,25)18(28,29)20(32,33)21(34,35)19(30,31)17(26,27)15(4,22)23/h7-8,10H,6,9H2,1-5H3. The zero-order chi connectivity index (χ0) is 30.3. The Morgan fingerprint density at radius 1 is 0.737 bits per heavy atom. The molecule has 0 aliphatic rings. The summed E-state index contributed by atoms with van der Waals surface area (Å²) in [4.78, 5) is 5.68. The summed E-state index contributed by atoms with van der Waals surface area (Å²) in [5.41, 5.74) is 0.324. The molecule has 0 saturated heterocycles. The van der Waals surface area contributed by atoms with E-state index in [0.717, 1.165) is 6.07 Å². The van der Waals surface area contributed by atoms with E-state index in [1.807, 2.05) is 0 Å². The van der Waals surface area contributed by atoms with Gasteiger partial charge in [-0.15, -0.1) is 0 Å². The lowest BCUT2D eigenvalue weighted by molar-refractivity contribution is -0.440. The zero-order valence-corrected chi connectivity index (χ0v) is 20.2. The molecule has 0 aromatic heterocycles. The number of benzene rings is 1. The highest BCUT2D eigenvalue weighted by Crippen LogP contribution is 2.62. The highest BCUT2D eigenvalue weighted by Gasteiger charge is 2.92. The van der Waals surface area contributed by atoms with Crippen LogP contribution in [-0.4, -0.2) is 72.9 Å². The van der Waals surface area contributed by atoms with Crippen LogP contribution in [0.4, 0.5) is 67.2 Å². The van der Waals surface area contributed by atoms with Gasteiger partial charge in [0.2, 0.25) is 0 Å². The molecule has 0 spiro atoms. The number of halogens is 14. The van der Waals surface area contributed by atoms with Gasteiger partial charge in [-0.05, 0) is 44.0 Å². The number of nitrogens with zero attached hydrogens (tertiary/aromatic N) is 2. The molecule has 1 rings (SSSR count). The van der Waals surface area contributed by atoms with Gasteiger partial charge in [0.05, 0.1) is 12.0 Å². The van der Waals surface area contributed by atoms with Gasteiger partial charge in [0.15, 0.2) is 6.61 Å². The molecule has 0 amide bonds. The molecular formula is C21H22F14N2O. The summed E-state index contributed by atoms with van der Waals surface area (Å²) in [5, 5.41) is 0. The lowest BCUT2D eigenvalue weighted by Crippen LogP contribution is -2.73. The molecule has 17 heteroatoms. The van der Waals surface area contributed by atoms with Gasteiger partial charge < -0.3 is 9.64 Å². The summed E-state index contributed by atoms with van der Waals surface area (Å²) < 4.78 is 195. The average molecular weight is 584 g/mol. The van der Waals surface area contributed by atoms with Gasteiger partial charge in [0.25, 0.3) is 0 Å². The van der Waals surface area contributed by atoms with Crippen LogP contribution in [0.15, 0.2) is 17.1 Å². The molecule has 0 bridgehead atoms. The molecule has 0 heterocycles. The van der Waals surface area contributed by atoms with Crippen LogP contribution in [0.5, 0.6) is 5.75 Å². The normalized spacial score (nSPS) is 14.8. The van der Waals surface area contributed by atoms with E-state index in [4.69, 9.17) is 0 Å². The van der Waals surface area contributed by atoms with E-state index in [2.05, 4.69) is 9.73 Å². The Kier molecular flexibility index (Phi) is 9.04. The van der Waals surface area contributed by atoms with E-state index in [9.17, 15) is 61.5 Å². The van der Waals surface area contributed by atoms with E-state index in [0.29, 0.717) is 6.54 Å². The van der Waals surface area contributed by atoms with E-state index >= 15 is 0 Å². The van der Waals surface area contributed by atoms with Crippen molar-refractivity contribution in [1.82, 2.24) is 4.90 Å². The van der Waals surface area contributed by atoms with Gasteiger partial charge in [0, 0.05) is 20.5 Å². The summed E-state index contributed by atoms with van der Waals surface area (Å²) in [6.07, 6.45) is 1.37. The predicted molar refractivity (Wildman–Crippen MR) is 108 cm³/mol. The van der Waals surface area contributed by atoms with Gasteiger partial charge in [-0.1, -0.05) is 0 Å². The Morgan fingerprint density at radius 3 is 1.63 bits per heavy atom. The van der Waals surface area contributed by atoms with Crippen molar-refractivity contribution in [2.24, 2.45) is 4.99 Å². The lowest BCUT2D eigenvalue weighted by Gasteiger charge is -2.42. The number of alkyl halides is 14. The predicted octanol–water partition coefficient (Wildman–Crippen LogP) is 7.76. The second kappa shape index (κ2) is 10.2. The molecule has 0 radical (unpaired) electrons. The first-order valence-electron chi connectivity index (χ1n) is 10.4. The number of hydrogen-bond donors (Lipinski definition) is 0. The van der Waals surface area contributed by atoms with E-state index in [1.54, 1.807) is 18.9 Å². The molecule has 0 fully saturated rings. The Morgan fingerprint density at radius 2 is 1.18 bits per heavy atom. The van der Waals surface area contributed by atoms with Crippen LogP contribution in [0.25, 0.3) is 0 Å². The van der Waals surface area contributed by atoms with E-state index < -0.39 is 60.7 Å². The number of rotatable bonds is 12. The second-order valence-electron chi connectivity index (χ2n) is 8.48. The minimum absolute atomic E-state index is 0.0885. The molecule has 0 unspecified atom stereocenters.